The minimum atomic E-state index is -0.344. The highest BCUT2D eigenvalue weighted by Crippen LogP contribution is 2.18. The predicted molar refractivity (Wildman–Crippen MR) is 98.8 cm³/mol. The summed E-state index contributed by atoms with van der Waals surface area (Å²) in [5.74, 6) is -0.344. The SMILES string of the molecule is Cl.O=C(OCc1ccccc1CN1CCCC1)c1cccc(Cl)c1. The maximum Gasteiger partial charge on any atom is 0.338 e. The van der Waals surface area contributed by atoms with Crippen molar-refractivity contribution in [1.29, 1.82) is 0 Å². The van der Waals surface area contributed by atoms with Crippen LogP contribution < -0.4 is 0 Å². The summed E-state index contributed by atoms with van der Waals surface area (Å²) in [6, 6.07) is 15.0. The minimum absolute atomic E-state index is 0. The number of likely N-dealkylation sites (tertiary alicyclic amines) is 1. The molecule has 0 bridgehead atoms. The van der Waals surface area contributed by atoms with E-state index < -0.39 is 0 Å². The van der Waals surface area contributed by atoms with Crippen molar-refractivity contribution in [3.63, 3.8) is 0 Å². The number of hydrogen-bond acceptors (Lipinski definition) is 3. The van der Waals surface area contributed by atoms with Gasteiger partial charge < -0.3 is 4.74 Å². The molecule has 24 heavy (non-hydrogen) atoms. The molecular formula is C19H21Cl2NO2. The number of carbonyl (C=O) groups excluding carboxylic acids is 1. The molecule has 0 spiro atoms. The molecule has 128 valence electrons. The molecule has 3 rings (SSSR count). The predicted octanol–water partition coefficient (Wildman–Crippen LogP) is 4.71. The van der Waals surface area contributed by atoms with Gasteiger partial charge in [0.15, 0.2) is 0 Å². The number of nitrogens with zero attached hydrogens (tertiary/aromatic N) is 1. The molecule has 0 radical (unpaired) electrons. The van der Waals surface area contributed by atoms with Crippen LogP contribution in [0.25, 0.3) is 0 Å². The molecule has 0 N–H and O–H groups in total. The molecule has 0 saturated carbocycles. The molecule has 2 aromatic carbocycles. The molecule has 0 aromatic heterocycles. The highest BCUT2D eigenvalue weighted by molar-refractivity contribution is 6.30. The average Bonchev–Trinajstić information content (AvgIpc) is 3.07. The molecule has 1 saturated heterocycles. The van der Waals surface area contributed by atoms with E-state index in [1.165, 1.54) is 18.4 Å². The van der Waals surface area contributed by atoms with Crippen LogP contribution in [0.1, 0.15) is 34.3 Å². The Bertz CT molecular complexity index is 685. The fourth-order valence-corrected chi connectivity index (χ4v) is 3.07. The lowest BCUT2D eigenvalue weighted by atomic mass is 10.1. The Hall–Kier alpha value is -1.55. The Morgan fingerprint density at radius 3 is 2.46 bits per heavy atom. The zero-order valence-corrected chi connectivity index (χ0v) is 15.0. The van der Waals surface area contributed by atoms with Crippen molar-refractivity contribution < 1.29 is 9.53 Å². The molecule has 0 amide bonds. The summed E-state index contributed by atoms with van der Waals surface area (Å²) in [5.41, 5.74) is 2.78. The molecule has 1 aliphatic heterocycles. The van der Waals surface area contributed by atoms with Crippen LogP contribution in [0.2, 0.25) is 5.02 Å². The molecule has 2 aromatic rings. The van der Waals surface area contributed by atoms with Crippen LogP contribution in [0.5, 0.6) is 0 Å². The average molecular weight is 366 g/mol. The molecule has 0 aliphatic carbocycles. The first-order chi connectivity index (χ1) is 11.2. The zero-order valence-electron chi connectivity index (χ0n) is 13.4. The fourth-order valence-electron chi connectivity index (χ4n) is 2.88. The third kappa shape index (κ3) is 4.97. The van der Waals surface area contributed by atoms with E-state index in [0.29, 0.717) is 10.6 Å². The molecule has 0 atom stereocenters. The summed E-state index contributed by atoms with van der Waals surface area (Å²) >= 11 is 5.91. The van der Waals surface area contributed by atoms with Gasteiger partial charge in [-0.2, -0.15) is 0 Å². The van der Waals surface area contributed by atoms with Gasteiger partial charge in [0, 0.05) is 11.6 Å². The number of esters is 1. The van der Waals surface area contributed by atoms with Gasteiger partial charge in [-0.1, -0.05) is 41.9 Å². The van der Waals surface area contributed by atoms with Crippen LogP contribution in [0.3, 0.4) is 0 Å². The van der Waals surface area contributed by atoms with Crippen LogP contribution in [0, 0.1) is 0 Å². The molecule has 1 fully saturated rings. The van der Waals surface area contributed by atoms with Gasteiger partial charge in [0.1, 0.15) is 6.61 Å². The van der Waals surface area contributed by atoms with Gasteiger partial charge in [-0.05, 0) is 55.3 Å². The maximum atomic E-state index is 12.1. The summed E-state index contributed by atoms with van der Waals surface area (Å²) in [7, 11) is 0. The number of halogens is 2. The number of rotatable bonds is 5. The molecule has 1 aliphatic rings. The Morgan fingerprint density at radius 2 is 1.75 bits per heavy atom. The van der Waals surface area contributed by atoms with Crippen molar-refractivity contribution >= 4 is 30.0 Å². The van der Waals surface area contributed by atoms with Gasteiger partial charge in [-0.3, -0.25) is 4.90 Å². The van der Waals surface area contributed by atoms with Gasteiger partial charge in [0.25, 0.3) is 0 Å². The monoisotopic (exact) mass is 365 g/mol. The standard InChI is InChI=1S/C19H20ClNO2.ClH/c20-18-9-5-8-15(12-18)19(22)23-14-17-7-2-1-6-16(17)13-21-10-3-4-11-21;/h1-2,5-9,12H,3-4,10-11,13-14H2;1H. The lowest BCUT2D eigenvalue weighted by molar-refractivity contribution is 0.0471. The second-order valence-corrected chi connectivity index (χ2v) is 6.27. The van der Waals surface area contributed by atoms with Crippen molar-refractivity contribution in [3.8, 4) is 0 Å². The van der Waals surface area contributed by atoms with Crippen LogP contribution in [-0.4, -0.2) is 24.0 Å². The van der Waals surface area contributed by atoms with Crippen molar-refractivity contribution in [2.75, 3.05) is 13.1 Å². The topological polar surface area (TPSA) is 29.5 Å². The van der Waals surface area contributed by atoms with Gasteiger partial charge in [0.05, 0.1) is 5.56 Å². The smallest absolute Gasteiger partial charge is 0.338 e. The molecule has 3 nitrogen and oxygen atoms in total. The van der Waals surface area contributed by atoms with E-state index >= 15 is 0 Å². The van der Waals surface area contributed by atoms with E-state index in [-0.39, 0.29) is 25.0 Å². The van der Waals surface area contributed by atoms with Crippen LogP contribution >= 0.6 is 24.0 Å². The lowest BCUT2D eigenvalue weighted by Gasteiger charge is -2.17. The number of benzene rings is 2. The van der Waals surface area contributed by atoms with Crippen molar-refractivity contribution in [1.82, 2.24) is 4.90 Å². The first-order valence-corrected chi connectivity index (χ1v) is 8.32. The van der Waals surface area contributed by atoms with Crippen molar-refractivity contribution in [3.05, 3.63) is 70.2 Å². The zero-order chi connectivity index (χ0) is 16.1. The number of carbonyl (C=O) groups is 1. The van der Waals surface area contributed by atoms with Gasteiger partial charge in [0.2, 0.25) is 0 Å². The van der Waals surface area contributed by atoms with Crippen molar-refractivity contribution in [2.24, 2.45) is 0 Å². The number of hydrogen-bond donors (Lipinski definition) is 0. The van der Waals surface area contributed by atoms with E-state index in [1.807, 2.05) is 18.2 Å². The third-order valence-corrected chi connectivity index (χ3v) is 4.37. The summed E-state index contributed by atoms with van der Waals surface area (Å²) in [5, 5.41) is 0.536. The first kappa shape index (κ1) is 18.8. The van der Waals surface area contributed by atoms with Gasteiger partial charge in [-0.15, -0.1) is 12.4 Å². The van der Waals surface area contributed by atoms with Crippen LogP contribution in [0.15, 0.2) is 48.5 Å². The first-order valence-electron chi connectivity index (χ1n) is 7.94. The van der Waals surface area contributed by atoms with E-state index in [9.17, 15) is 4.79 Å². The highest BCUT2D eigenvalue weighted by Gasteiger charge is 2.14. The van der Waals surface area contributed by atoms with E-state index in [1.54, 1.807) is 24.3 Å². The minimum Gasteiger partial charge on any atom is -0.457 e. The third-order valence-electron chi connectivity index (χ3n) is 4.13. The second kappa shape index (κ2) is 9.07. The van der Waals surface area contributed by atoms with E-state index in [4.69, 9.17) is 16.3 Å². The largest absolute Gasteiger partial charge is 0.457 e. The Kier molecular flexibility index (Phi) is 7.10. The summed E-state index contributed by atoms with van der Waals surface area (Å²) in [6.45, 7) is 3.51. The van der Waals surface area contributed by atoms with Crippen LogP contribution in [-0.2, 0) is 17.9 Å². The molecule has 0 unspecified atom stereocenters. The molecule has 1 heterocycles. The Morgan fingerprint density at radius 1 is 1.04 bits per heavy atom. The molecule has 5 heteroatoms. The summed E-state index contributed by atoms with van der Waals surface area (Å²) in [6.07, 6.45) is 2.54. The normalized spacial score (nSPS) is 14.2. The van der Waals surface area contributed by atoms with Gasteiger partial charge >= 0.3 is 5.97 Å². The van der Waals surface area contributed by atoms with Crippen LogP contribution in [0.4, 0.5) is 0 Å². The highest BCUT2D eigenvalue weighted by atomic mass is 35.5. The molecular weight excluding hydrogens is 345 g/mol. The quantitative estimate of drug-likeness (QED) is 0.718. The van der Waals surface area contributed by atoms with E-state index in [2.05, 4.69) is 11.0 Å². The second-order valence-electron chi connectivity index (χ2n) is 5.84. The van der Waals surface area contributed by atoms with Gasteiger partial charge in [-0.25, -0.2) is 4.79 Å². The fraction of sp³-hybridized carbons (Fsp3) is 0.316. The summed E-state index contributed by atoms with van der Waals surface area (Å²) in [4.78, 5) is 14.6. The Labute approximate surface area is 154 Å². The van der Waals surface area contributed by atoms with E-state index in [0.717, 1.165) is 25.2 Å². The van der Waals surface area contributed by atoms with Crippen molar-refractivity contribution in [2.45, 2.75) is 26.0 Å². The number of ether oxygens (including phenoxy) is 1. The Balaban J connectivity index is 0.00000208. The lowest BCUT2D eigenvalue weighted by Crippen LogP contribution is -2.19. The summed E-state index contributed by atoms with van der Waals surface area (Å²) < 4.78 is 5.46. The maximum absolute atomic E-state index is 12.1.